The number of nitrogens with one attached hydrogen (secondary N) is 2. The van der Waals surface area contributed by atoms with Crippen LogP contribution in [0, 0.1) is 5.82 Å². The van der Waals surface area contributed by atoms with Gasteiger partial charge < -0.3 is 5.32 Å². The summed E-state index contributed by atoms with van der Waals surface area (Å²) in [5.41, 5.74) is 2.67. The van der Waals surface area contributed by atoms with Crippen LogP contribution >= 0.6 is 11.6 Å². The molecule has 10 heteroatoms. The van der Waals surface area contributed by atoms with Crippen LogP contribution in [0.5, 0.6) is 0 Å². The van der Waals surface area contributed by atoms with Gasteiger partial charge in [-0.15, -0.1) is 0 Å². The van der Waals surface area contributed by atoms with Crippen molar-refractivity contribution in [2.75, 3.05) is 4.72 Å². The highest BCUT2D eigenvalue weighted by Gasteiger charge is 2.16. The van der Waals surface area contributed by atoms with Gasteiger partial charge in [0, 0.05) is 30.2 Å². The van der Waals surface area contributed by atoms with Gasteiger partial charge in [0.05, 0.1) is 16.5 Å². The number of hydrogen-bond donors (Lipinski definition) is 2. The summed E-state index contributed by atoms with van der Waals surface area (Å²) in [5, 5.41) is 6.73. The molecule has 0 saturated heterocycles. The Kier molecular flexibility index (Phi) is 6.95. The zero-order valence-corrected chi connectivity index (χ0v) is 19.4. The number of anilines is 1. The molecule has 1 amide bonds. The van der Waals surface area contributed by atoms with Gasteiger partial charge in [-0.25, -0.2) is 12.8 Å². The maximum Gasteiger partial charge on any atom is 0.261 e. The van der Waals surface area contributed by atoms with Gasteiger partial charge in [-0.1, -0.05) is 35.9 Å². The lowest BCUT2D eigenvalue weighted by Gasteiger charge is -2.10. The molecule has 0 aliphatic heterocycles. The Hall–Kier alpha value is -3.69. The molecule has 0 aliphatic rings. The molecule has 0 bridgehead atoms. The molecule has 0 unspecified atom stereocenters. The SMILES string of the molecule is O=C(NCc1ccc(Cn2cccn2)cc1)c1ccc(NS(=O)(=O)c2ccc(F)c(Cl)c2)cc1. The minimum Gasteiger partial charge on any atom is -0.348 e. The van der Waals surface area contributed by atoms with Crippen molar-refractivity contribution in [3.63, 3.8) is 0 Å². The Bertz CT molecular complexity index is 1390. The third kappa shape index (κ3) is 5.81. The molecule has 0 saturated carbocycles. The summed E-state index contributed by atoms with van der Waals surface area (Å²) < 4.78 is 42.5. The Morgan fingerprint density at radius 2 is 1.71 bits per heavy atom. The third-order valence-electron chi connectivity index (χ3n) is 4.98. The Morgan fingerprint density at radius 3 is 2.35 bits per heavy atom. The summed E-state index contributed by atoms with van der Waals surface area (Å²) in [6, 6.07) is 18.8. The third-order valence-corrected chi connectivity index (χ3v) is 6.65. The second-order valence-corrected chi connectivity index (χ2v) is 9.55. The monoisotopic (exact) mass is 498 g/mol. The summed E-state index contributed by atoms with van der Waals surface area (Å²) in [5.74, 6) is -0.999. The standard InChI is InChI=1S/C24H20ClFN4O3S/c25-22-14-21(10-11-23(22)26)34(32,33)29-20-8-6-19(7-9-20)24(31)27-15-17-2-4-18(5-3-17)16-30-13-1-12-28-30/h1-14,29H,15-16H2,(H,27,31). The van der Waals surface area contributed by atoms with Crippen molar-refractivity contribution < 1.29 is 17.6 Å². The van der Waals surface area contributed by atoms with Crippen molar-refractivity contribution in [2.45, 2.75) is 18.0 Å². The lowest BCUT2D eigenvalue weighted by Crippen LogP contribution is -2.22. The van der Waals surface area contributed by atoms with Gasteiger partial charge in [-0.3, -0.25) is 14.2 Å². The van der Waals surface area contributed by atoms with Crippen LogP contribution in [-0.2, 0) is 23.1 Å². The molecule has 0 fully saturated rings. The van der Waals surface area contributed by atoms with E-state index in [2.05, 4.69) is 15.1 Å². The molecular weight excluding hydrogens is 479 g/mol. The van der Waals surface area contributed by atoms with Crippen LogP contribution in [0.1, 0.15) is 21.5 Å². The van der Waals surface area contributed by atoms with Crippen LogP contribution < -0.4 is 10.0 Å². The van der Waals surface area contributed by atoms with Crippen molar-refractivity contribution in [1.82, 2.24) is 15.1 Å². The smallest absolute Gasteiger partial charge is 0.261 e. The number of rotatable bonds is 8. The summed E-state index contributed by atoms with van der Waals surface area (Å²) in [6.45, 7) is 1.02. The van der Waals surface area contributed by atoms with E-state index in [0.29, 0.717) is 18.7 Å². The van der Waals surface area contributed by atoms with E-state index in [1.54, 1.807) is 6.20 Å². The van der Waals surface area contributed by atoms with Crippen molar-refractivity contribution in [3.8, 4) is 0 Å². The van der Waals surface area contributed by atoms with E-state index >= 15 is 0 Å². The minimum absolute atomic E-state index is 0.170. The first-order chi connectivity index (χ1) is 16.3. The molecule has 1 aromatic heterocycles. The number of hydrogen-bond acceptors (Lipinski definition) is 4. The predicted octanol–water partition coefficient (Wildman–Crippen LogP) is 4.45. The van der Waals surface area contributed by atoms with Gasteiger partial charge in [0.15, 0.2) is 0 Å². The Balaban J connectivity index is 1.33. The van der Waals surface area contributed by atoms with Crippen molar-refractivity contribution in [3.05, 3.63) is 113 Å². The van der Waals surface area contributed by atoms with Gasteiger partial charge in [0.2, 0.25) is 0 Å². The Morgan fingerprint density at radius 1 is 1.00 bits per heavy atom. The first-order valence-corrected chi connectivity index (χ1v) is 12.1. The highest BCUT2D eigenvalue weighted by Crippen LogP contribution is 2.22. The lowest BCUT2D eigenvalue weighted by molar-refractivity contribution is 0.0951. The zero-order chi connectivity index (χ0) is 24.1. The van der Waals surface area contributed by atoms with E-state index in [9.17, 15) is 17.6 Å². The fraction of sp³-hybridized carbons (Fsp3) is 0.0833. The van der Waals surface area contributed by atoms with Crippen LogP contribution in [0.3, 0.4) is 0 Å². The molecule has 34 heavy (non-hydrogen) atoms. The second kappa shape index (κ2) is 10.1. The number of sulfonamides is 1. The highest BCUT2D eigenvalue weighted by molar-refractivity contribution is 7.92. The van der Waals surface area contributed by atoms with Crippen molar-refractivity contribution in [1.29, 1.82) is 0 Å². The van der Waals surface area contributed by atoms with Gasteiger partial charge in [0.25, 0.3) is 15.9 Å². The molecule has 0 spiro atoms. The first kappa shape index (κ1) is 23.5. The fourth-order valence-electron chi connectivity index (χ4n) is 3.18. The van der Waals surface area contributed by atoms with Crippen LogP contribution in [-0.4, -0.2) is 24.1 Å². The molecule has 0 radical (unpaired) electrons. The molecule has 4 rings (SSSR count). The fourth-order valence-corrected chi connectivity index (χ4v) is 4.51. The van der Waals surface area contributed by atoms with E-state index in [-0.39, 0.29) is 21.5 Å². The number of benzene rings is 3. The molecule has 0 atom stereocenters. The molecular formula is C24H20ClFN4O3S. The van der Waals surface area contributed by atoms with Crippen LogP contribution in [0.2, 0.25) is 5.02 Å². The van der Waals surface area contributed by atoms with E-state index in [1.165, 1.54) is 24.3 Å². The van der Waals surface area contributed by atoms with Gasteiger partial charge in [-0.05, 0) is 59.7 Å². The van der Waals surface area contributed by atoms with Crippen molar-refractivity contribution in [2.24, 2.45) is 0 Å². The average Bonchev–Trinajstić information content (AvgIpc) is 3.33. The Labute approximate surface area is 201 Å². The summed E-state index contributed by atoms with van der Waals surface area (Å²) in [4.78, 5) is 12.3. The van der Waals surface area contributed by atoms with E-state index in [0.717, 1.165) is 29.3 Å². The number of carbonyl (C=O) groups excluding carboxylic acids is 1. The van der Waals surface area contributed by atoms with Crippen LogP contribution in [0.4, 0.5) is 10.1 Å². The molecule has 4 aromatic rings. The van der Waals surface area contributed by atoms with E-state index in [4.69, 9.17) is 11.6 Å². The van der Waals surface area contributed by atoms with E-state index < -0.39 is 15.8 Å². The average molecular weight is 499 g/mol. The number of aromatic nitrogens is 2. The van der Waals surface area contributed by atoms with Crippen molar-refractivity contribution >= 4 is 33.2 Å². The van der Waals surface area contributed by atoms with Gasteiger partial charge in [0.1, 0.15) is 5.82 Å². The summed E-state index contributed by atoms with van der Waals surface area (Å²) in [7, 11) is -3.96. The summed E-state index contributed by atoms with van der Waals surface area (Å²) in [6.07, 6.45) is 3.62. The molecule has 2 N–H and O–H groups in total. The quantitative estimate of drug-likeness (QED) is 0.375. The molecule has 3 aromatic carbocycles. The van der Waals surface area contributed by atoms with Crippen LogP contribution in [0.25, 0.3) is 0 Å². The maximum atomic E-state index is 13.3. The largest absolute Gasteiger partial charge is 0.348 e. The number of halogens is 2. The maximum absolute atomic E-state index is 13.3. The highest BCUT2D eigenvalue weighted by atomic mass is 35.5. The second-order valence-electron chi connectivity index (χ2n) is 7.46. The molecule has 0 aliphatic carbocycles. The zero-order valence-electron chi connectivity index (χ0n) is 17.8. The number of nitrogens with zero attached hydrogens (tertiary/aromatic N) is 2. The molecule has 1 heterocycles. The van der Waals surface area contributed by atoms with Crippen LogP contribution in [0.15, 0.2) is 90.1 Å². The number of amides is 1. The lowest BCUT2D eigenvalue weighted by atomic mass is 10.1. The topological polar surface area (TPSA) is 93.1 Å². The number of carbonyl (C=O) groups is 1. The summed E-state index contributed by atoms with van der Waals surface area (Å²) >= 11 is 5.67. The predicted molar refractivity (Wildman–Crippen MR) is 128 cm³/mol. The van der Waals surface area contributed by atoms with Gasteiger partial charge >= 0.3 is 0 Å². The normalized spacial score (nSPS) is 11.2. The first-order valence-electron chi connectivity index (χ1n) is 10.2. The minimum atomic E-state index is -3.96. The van der Waals surface area contributed by atoms with Gasteiger partial charge in [-0.2, -0.15) is 5.10 Å². The van der Waals surface area contributed by atoms with E-state index in [1.807, 2.05) is 41.2 Å². The molecule has 7 nitrogen and oxygen atoms in total. The molecule has 174 valence electrons.